The van der Waals surface area contributed by atoms with Crippen molar-refractivity contribution in [1.82, 2.24) is 5.32 Å². The van der Waals surface area contributed by atoms with E-state index in [0.717, 1.165) is 37.1 Å². The van der Waals surface area contributed by atoms with Gasteiger partial charge in [-0.25, -0.2) is 0 Å². The first-order chi connectivity index (χ1) is 11.2. The molecule has 1 N–H and O–H groups in total. The molecular formula is C19H20BrNO2. The predicted molar refractivity (Wildman–Crippen MR) is 94.4 cm³/mol. The molecule has 1 heterocycles. The monoisotopic (exact) mass is 373 g/mol. The predicted octanol–water partition coefficient (Wildman–Crippen LogP) is 3.94. The second-order valence-corrected chi connectivity index (χ2v) is 6.72. The largest absolute Gasteiger partial charge is 0.453 e. The van der Waals surface area contributed by atoms with Crippen molar-refractivity contribution >= 4 is 21.9 Å². The van der Waals surface area contributed by atoms with Gasteiger partial charge in [-0.2, -0.15) is 0 Å². The van der Waals surface area contributed by atoms with Gasteiger partial charge in [0.15, 0.2) is 0 Å². The van der Waals surface area contributed by atoms with Crippen molar-refractivity contribution in [3.63, 3.8) is 0 Å². The number of hydrogen-bond donors (Lipinski definition) is 1. The van der Waals surface area contributed by atoms with E-state index in [4.69, 9.17) is 4.74 Å². The highest BCUT2D eigenvalue weighted by molar-refractivity contribution is 9.09. The molecule has 0 aliphatic carbocycles. The molecule has 1 saturated heterocycles. The van der Waals surface area contributed by atoms with Crippen molar-refractivity contribution in [3.8, 4) is 0 Å². The van der Waals surface area contributed by atoms with Gasteiger partial charge < -0.3 is 10.1 Å². The number of rotatable bonds is 4. The molecule has 0 amide bonds. The van der Waals surface area contributed by atoms with E-state index in [9.17, 15) is 4.79 Å². The molecule has 1 fully saturated rings. The number of carbonyl (C=O) groups is 1. The van der Waals surface area contributed by atoms with Gasteiger partial charge in [-0.3, -0.25) is 4.79 Å². The average molecular weight is 374 g/mol. The molecule has 3 rings (SSSR count). The van der Waals surface area contributed by atoms with Gasteiger partial charge in [-0.15, -0.1) is 0 Å². The molecule has 23 heavy (non-hydrogen) atoms. The fraction of sp³-hybridized carbons (Fsp3) is 0.316. The summed E-state index contributed by atoms with van der Waals surface area (Å²) in [5.41, 5.74) is 1.45. The first-order valence-corrected chi connectivity index (χ1v) is 8.81. The average Bonchev–Trinajstić information content (AvgIpc) is 2.63. The van der Waals surface area contributed by atoms with Crippen LogP contribution in [0.4, 0.5) is 0 Å². The lowest BCUT2D eigenvalue weighted by atomic mass is 9.84. The number of nitrogens with one attached hydrogen (secondary N) is 1. The Labute approximate surface area is 145 Å². The van der Waals surface area contributed by atoms with Crippen LogP contribution in [0.15, 0.2) is 60.7 Å². The topological polar surface area (TPSA) is 38.3 Å². The van der Waals surface area contributed by atoms with Crippen LogP contribution in [0.3, 0.4) is 0 Å². The van der Waals surface area contributed by atoms with Gasteiger partial charge in [-0.1, -0.05) is 76.6 Å². The number of halogens is 1. The Kier molecular flexibility index (Phi) is 5.13. The summed E-state index contributed by atoms with van der Waals surface area (Å²) < 4.78 is 6.06. The zero-order chi connectivity index (χ0) is 16.1. The van der Waals surface area contributed by atoms with Crippen molar-refractivity contribution in [1.29, 1.82) is 0 Å². The zero-order valence-electron chi connectivity index (χ0n) is 12.9. The van der Waals surface area contributed by atoms with Crippen molar-refractivity contribution in [3.05, 3.63) is 71.8 Å². The van der Waals surface area contributed by atoms with Crippen molar-refractivity contribution in [2.24, 2.45) is 0 Å². The number of esters is 1. The molecule has 0 bridgehead atoms. The number of carbonyl (C=O) groups excluding carboxylic acids is 1. The van der Waals surface area contributed by atoms with Gasteiger partial charge >= 0.3 is 5.97 Å². The highest BCUT2D eigenvalue weighted by atomic mass is 79.9. The molecule has 0 aromatic heterocycles. The first kappa shape index (κ1) is 16.2. The Morgan fingerprint density at radius 2 is 1.57 bits per heavy atom. The standard InChI is InChI=1S/C19H20BrNO2/c20-17(15-7-3-1-4-8-15)18(22)23-19(11-13-21-14-12-19)16-9-5-2-6-10-16/h1-10,17,21H,11-14H2. The SMILES string of the molecule is O=C(OC1(c2ccccc2)CCNCC1)C(Br)c1ccccc1. The van der Waals surface area contributed by atoms with E-state index < -0.39 is 10.4 Å². The van der Waals surface area contributed by atoms with Gasteiger partial charge in [0.1, 0.15) is 10.4 Å². The summed E-state index contributed by atoms with van der Waals surface area (Å²) in [5, 5.41) is 3.34. The maximum Gasteiger partial charge on any atom is 0.325 e. The molecular weight excluding hydrogens is 354 g/mol. The Bertz CT molecular complexity index is 639. The molecule has 0 spiro atoms. The Morgan fingerprint density at radius 1 is 1.00 bits per heavy atom. The third kappa shape index (κ3) is 3.65. The molecule has 2 aromatic carbocycles. The number of piperidine rings is 1. The molecule has 1 unspecified atom stereocenters. The summed E-state index contributed by atoms with van der Waals surface area (Å²) in [6.45, 7) is 1.70. The molecule has 1 atom stereocenters. The lowest BCUT2D eigenvalue weighted by molar-refractivity contribution is -0.163. The number of alkyl halides is 1. The van der Waals surface area contributed by atoms with E-state index in [1.165, 1.54) is 0 Å². The summed E-state index contributed by atoms with van der Waals surface area (Å²) in [7, 11) is 0. The van der Waals surface area contributed by atoms with Gasteiger partial charge in [-0.05, 0) is 24.2 Å². The Morgan fingerprint density at radius 3 is 2.17 bits per heavy atom. The maximum absolute atomic E-state index is 12.7. The Balaban J connectivity index is 1.83. The van der Waals surface area contributed by atoms with Crippen LogP contribution >= 0.6 is 15.9 Å². The number of ether oxygens (including phenoxy) is 1. The molecule has 4 heteroatoms. The van der Waals surface area contributed by atoms with Crippen LogP contribution in [0.5, 0.6) is 0 Å². The summed E-state index contributed by atoms with van der Waals surface area (Å²) in [6, 6.07) is 19.7. The normalized spacial score (nSPS) is 18.1. The smallest absolute Gasteiger partial charge is 0.325 e. The van der Waals surface area contributed by atoms with E-state index in [2.05, 4.69) is 21.2 Å². The lowest BCUT2D eigenvalue weighted by Crippen LogP contribution is -2.43. The highest BCUT2D eigenvalue weighted by Crippen LogP contribution is 2.37. The first-order valence-electron chi connectivity index (χ1n) is 7.89. The minimum atomic E-state index is -0.537. The van der Waals surface area contributed by atoms with Crippen molar-refractivity contribution in [2.75, 3.05) is 13.1 Å². The fourth-order valence-corrected chi connectivity index (χ4v) is 3.42. The maximum atomic E-state index is 12.7. The van der Waals surface area contributed by atoms with Gasteiger partial charge in [0, 0.05) is 12.8 Å². The van der Waals surface area contributed by atoms with Gasteiger partial charge in [0.2, 0.25) is 0 Å². The molecule has 120 valence electrons. The summed E-state index contributed by atoms with van der Waals surface area (Å²) in [6.07, 6.45) is 1.58. The van der Waals surface area contributed by atoms with E-state index >= 15 is 0 Å². The van der Waals surface area contributed by atoms with E-state index in [-0.39, 0.29) is 5.97 Å². The quantitative estimate of drug-likeness (QED) is 0.651. The molecule has 1 aliphatic rings. The zero-order valence-corrected chi connectivity index (χ0v) is 14.5. The van der Waals surface area contributed by atoms with Crippen LogP contribution in [0, 0.1) is 0 Å². The highest BCUT2D eigenvalue weighted by Gasteiger charge is 2.39. The van der Waals surface area contributed by atoms with Crippen LogP contribution in [-0.2, 0) is 15.1 Å². The van der Waals surface area contributed by atoms with E-state index in [1.807, 2.05) is 60.7 Å². The fourth-order valence-electron chi connectivity index (χ4n) is 3.02. The molecule has 3 nitrogen and oxygen atoms in total. The van der Waals surface area contributed by atoms with E-state index in [1.54, 1.807) is 0 Å². The van der Waals surface area contributed by atoms with Crippen molar-refractivity contribution in [2.45, 2.75) is 23.3 Å². The summed E-state index contributed by atoms with van der Waals surface area (Å²) >= 11 is 3.48. The summed E-state index contributed by atoms with van der Waals surface area (Å²) in [5.74, 6) is -0.234. The lowest BCUT2D eigenvalue weighted by Gasteiger charge is -2.38. The third-order valence-corrected chi connectivity index (χ3v) is 5.21. The number of benzene rings is 2. The van der Waals surface area contributed by atoms with Crippen LogP contribution in [0.25, 0.3) is 0 Å². The second-order valence-electron chi connectivity index (χ2n) is 5.80. The molecule has 0 saturated carbocycles. The van der Waals surface area contributed by atoms with Crippen LogP contribution in [0.1, 0.15) is 28.8 Å². The summed E-state index contributed by atoms with van der Waals surface area (Å²) in [4.78, 5) is 12.3. The van der Waals surface area contributed by atoms with Gasteiger partial charge in [0.05, 0.1) is 0 Å². The van der Waals surface area contributed by atoms with Gasteiger partial charge in [0.25, 0.3) is 0 Å². The number of hydrogen-bond acceptors (Lipinski definition) is 3. The third-order valence-electron chi connectivity index (χ3n) is 4.31. The second kappa shape index (κ2) is 7.28. The van der Waals surface area contributed by atoms with Crippen LogP contribution < -0.4 is 5.32 Å². The molecule has 0 radical (unpaired) electrons. The van der Waals surface area contributed by atoms with Crippen molar-refractivity contribution < 1.29 is 9.53 Å². The minimum absolute atomic E-state index is 0.234. The minimum Gasteiger partial charge on any atom is -0.453 e. The van der Waals surface area contributed by atoms with Crippen LogP contribution in [0.2, 0.25) is 0 Å². The molecule has 1 aliphatic heterocycles. The van der Waals surface area contributed by atoms with Crippen LogP contribution in [-0.4, -0.2) is 19.1 Å². The van der Waals surface area contributed by atoms with E-state index in [0.29, 0.717) is 0 Å². The Hall–Kier alpha value is -1.65. The molecule has 2 aromatic rings.